The van der Waals surface area contributed by atoms with Crippen molar-refractivity contribution in [1.29, 1.82) is 0 Å². The molecule has 7 aromatic carbocycles. The molecule has 7 aromatic rings. The van der Waals surface area contributed by atoms with Crippen molar-refractivity contribution in [3.63, 3.8) is 0 Å². The number of aliphatic hydroxyl groups is 6. The smallest absolute Gasteiger partial charge is 0.340 e. The summed E-state index contributed by atoms with van der Waals surface area (Å²) in [7, 11) is -10.2. The number of nitrogens with one attached hydrogen (secondary N) is 7. The molecule has 750 valence electrons. The lowest BCUT2D eigenvalue weighted by Crippen LogP contribution is -2.65. The zero-order chi connectivity index (χ0) is 102. The Morgan fingerprint density at radius 3 is 1.83 bits per heavy atom. The lowest BCUT2D eigenvalue weighted by molar-refractivity contribution is -0.334. The maximum Gasteiger partial charge on any atom is 0.340 e. The average Bonchev–Trinajstić information content (AvgIpc) is 0.756. The summed E-state index contributed by atoms with van der Waals surface area (Å²) in [6, 6.07) is 9.95. The van der Waals surface area contributed by atoms with Crippen LogP contribution in [0.3, 0.4) is 0 Å². The first-order valence-corrected chi connectivity index (χ1v) is 48.3. The number of hydrogen-bond donors (Lipinski definition) is 23. The summed E-state index contributed by atoms with van der Waals surface area (Å²) < 4.78 is 77.5. The predicted octanol–water partition coefficient (Wildman–Crippen LogP) is 4.85. The van der Waals surface area contributed by atoms with E-state index in [0.717, 1.165) is 101 Å². The molecular weight excluding hydrogens is 1950 g/mol. The number of aliphatic hydroxyl groups excluding tert-OH is 6. The van der Waals surface area contributed by atoms with Gasteiger partial charge in [-0.2, -0.15) is 0 Å². The molecule has 8 aliphatic rings. The zero-order valence-corrected chi connectivity index (χ0v) is 79.7. The topological polar surface area (TPSA) is 684 Å². The molecule has 0 radical (unpaired) electrons. The van der Waals surface area contributed by atoms with Crippen molar-refractivity contribution in [2.24, 2.45) is 17.4 Å². The van der Waals surface area contributed by atoms with Crippen LogP contribution < -0.4 is 62.9 Å². The number of carboxylic acids is 1. The Morgan fingerprint density at radius 1 is 0.640 bits per heavy atom. The van der Waals surface area contributed by atoms with Crippen LogP contribution in [0.1, 0.15) is 144 Å². The maximum atomic E-state index is 16.7. The molecule has 15 rings (SSSR count). The van der Waals surface area contributed by atoms with E-state index in [9.17, 15) is 94.2 Å². The number of ether oxygens (including phenoxy) is 8. The van der Waals surface area contributed by atoms with Crippen LogP contribution in [0, 0.1) is 5.92 Å². The van der Waals surface area contributed by atoms with Gasteiger partial charge in [0.25, 0.3) is 0 Å². The average molecular weight is 2060 g/mol. The molecule has 8 heterocycles. The van der Waals surface area contributed by atoms with Gasteiger partial charge in [-0.15, -0.1) is 0 Å². The van der Waals surface area contributed by atoms with Crippen molar-refractivity contribution >= 4 is 115 Å². The Hall–Kier alpha value is -10.5. The van der Waals surface area contributed by atoms with E-state index in [4.69, 9.17) is 95.8 Å². The summed E-state index contributed by atoms with van der Waals surface area (Å²) in [6.45, 7) is 8.26. The first-order chi connectivity index (χ1) is 65.2. The third kappa shape index (κ3) is 23.8. The fourth-order valence-electron chi connectivity index (χ4n) is 17.4. The maximum absolute atomic E-state index is 16.7. The van der Waals surface area contributed by atoms with Crippen molar-refractivity contribution in [2.75, 3.05) is 13.7 Å². The van der Waals surface area contributed by atoms with E-state index >= 15 is 28.8 Å². The normalized spacial score (nSPS) is 28.2. The summed E-state index contributed by atoms with van der Waals surface area (Å²) in [5, 5.41) is 132. The fourth-order valence-corrected chi connectivity index (χ4v) is 20.8. The summed E-state index contributed by atoms with van der Waals surface area (Å²) >= 11 is 28.4. The summed E-state index contributed by atoms with van der Waals surface area (Å²) in [6.07, 6.45) is -27.3. The van der Waals surface area contributed by atoms with Crippen molar-refractivity contribution in [2.45, 2.75) is 225 Å². The Bertz CT molecular complexity index is 5920. The number of rotatable bonds is 24. The van der Waals surface area contributed by atoms with E-state index in [1.165, 1.54) is 20.8 Å². The van der Waals surface area contributed by atoms with Crippen LogP contribution in [0.4, 0.5) is 0 Å². The minimum Gasteiger partial charge on any atom is -0.508 e. The third-order valence-electron chi connectivity index (χ3n) is 24.9. The summed E-state index contributed by atoms with van der Waals surface area (Å²) in [4.78, 5) is 177. The number of amides is 8. The molecule has 0 aliphatic carbocycles. The van der Waals surface area contributed by atoms with Crippen molar-refractivity contribution in [3.05, 3.63) is 175 Å². The van der Waals surface area contributed by atoms with E-state index in [1.54, 1.807) is 32.9 Å². The van der Waals surface area contributed by atoms with Crippen LogP contribution in [0.25, 0.3) is 22.3 Å². The van der Waals surface area contributed by atoms with Gasteiger partial charge in [-0.3, -0.25) is 47.5 Å². The number of phenolic OH excluding ortho intramolecular Hbond substituents is 3. The Labute approximate surface area is 812 Å². The lowest BCUT2D eigenvalue weighted by atomic mass is 9.84. The highest BCUT2D eigenvalue weighted by atomic mass is 35.5. The number of hydrogen-bond acceptors (Lipinski definition) is 30. The molecule has 0 saturated carbocycles. The standard InChI is InChI=1S/C90H104Cl4N10O33P2/c1-36(2)22-54(104(7)62(110)20-21-65(138(124,125)126)139(127,128)129)82(117)102-70-72(111)43-15-19-57(50(92)24-43)132-58-27-44-28-59(77(58)137-88-78(74(113)73(112)60(35-105)134-88)136-64-33-90(6,80(115)38(4)131-64)97-34-39-8-10-40(11-9-39)41-12-16-46(91)17-13-41)133-76-51(93)25-45(26-52(76)94)75(135-63-32-89(5,96)79(114)37(3)130-63)71-86(121)101-69(87(122)123)49-29-47(106)30-56(108)66(49)48-23-42(14-18-55(48)107)67(83(118)103-71)100-84(119)68(44)99-81(116)53(31-61(95)109)98-85(70)120/h8-19,23-30,36-38,53-54,60,63-65,67-75,78-80,88,97,105-108,111-115H,20-22,31-35,96H2,1-7H3,(H2,95,109)(H,98,120)(H,99,116)(H,100,119)(H,101,121)(H,102,117)(H,103,118)(H,122,123)(H2,124,125,126)(H2,127,128,129)/t37-,38+,53-,54+,60-,63-,64+,67+,68+,69-,70+,71-,72+,73+,74-,75+,78+,79-,80-,88+,89-,90+/m0/s1. The number of halogens is 4. The van der Waals surface area contributed by atoms with Gasteiger partial charge in [0.05, 0.1) is 52.5 Å². The first kappa shape index (κ1) is 106. The molecule has 11 bridgehead atoms. The first-order valence-electron chi connectivity index (χ1n) is 43.5. The molecule has 8 amide bonds. The fraction of sp³-hybridized carbons (Fsp3) is 0.433. The number of carbonyl (C=O) groups excluding carboxylic acids is 8. The number of carbonyl (C=O) groups is 9. The predicted molar refractivity (Wildman–Crippen MR) is 491 cm³/mol. The van der Waals surface area contributed by atoms with Gasteiger partial charge in [0.2, 0.25) is 59.3 Å². The van der Waals surface area contributed by atoms with Gasteiger partial charge in [-0.25, -0.2) is 4.79 Å². The SMILES string of the molecule is CC(C)C[C@H](C(=O)N[C@H]1C(=O)N[C@@H](CC(N)=O)C(=O)N[C@H]2C(=O)N[C@H]3C(=O)N[C@H](C(=O)N[C@H](C(=O)O)c4cc(O)cc(O)c4-c4cc3ccc4O)[C@H](O[C@H]3C[C@](C)(N)[C@@H](O)[C@H](C)O3)c3cc(Cl)c(c(Cl)c3)Oc3cc2cc(c3O[C@H]2O[C@@H](CO)[C@@H](O)[C@H](O)[C@H]2O[C@@H]2C[C@@](C)(NCc3ccc(-c4ccc(Cl)cc4)cc3)[C@@H](O)[C@@H](C)O2)Oc2ccc(cc2Cl)[C@H]1O)N(C)C(=O)CCC(P(=O)(O)O)P(=O)(O)O. The van der Waals surface area contributed by atoms with E-state index in [-0.39, 0.29) is 24.9 Å². The van der Waals surface area contributed by atoms with Gasteiger partial charge in [0.1, 0.15) is 89.8 Å². The van der Waals surface area contributed by atoms with Crippen molar-refractivity contribution in [1.82, 2.24) is 42.1 Å². The minimum absolute atomic E-state index is 0.139. The zero-order valence-electron chi connectivity index (χ0n) is 74.9. The van der Waals surface area contributed by atoms with Gasteiger partial charge in [0, 0.05) is 71.7 Å². The molecule has 8 aliphatic heterocycles. The van der Waals surface area contributed by atoms with Gasteiger partial charge in [-0.05, 0) is 152 Å². The van der Waals surface area contributed by atoms with Gasteiger partial charge < -0.3 is 162 Å². The molecule has 0 aromatic heterocycles. The number of primary amides is 1. The molecule has 0 unspecified atom stereocenters. The second kappa shape index (κ2) is 42.7. The van der Waals surface area contributed by atoms with Gasteiger partial charge in [0.15, 0.2) is 47.4 Å². The number of aliphatic carboxylic acids is 1. The number of fused-ring (bicyclic) bond motifs is 15. The van der Waals surface area contributed by atoms with Gasteiger partial charge >= 0.3 is 21.2 Å². The second-order valence-corrected chi connectivity index (χ2v) is 41.4. The lowest BCUT2D eigenvalue weighted by Gasteiger charge is -2.48. The van der Waals surface area contributed by atoms with Gasteiger partial charge in [-0.1, -0.05) is 109 Å². The largest absolute Gasteiger partial charge is 0.508 e. The quantitative estimate of drug-likeness (QED) is 0.0360. The number of phenols is 3. The molecule has 25 N–H and O–H groups in total. The Balaban J connectivity index is 1.01. The Kier molecular flexibility index (Phi) is 32.5. The second-order valence-electron chi connectivity index (χ2n) is 35.7. The summed E-state index contributed by atoms with van der Waals surface area (Å²) in [5.74, 6) is -20.2. The highest BCUT2D eigenvalue weighted by molar-refractivity contribution is 7.70. The number of aromatic hydroxyl groups is 3. The monoisotopic (exact) mass is 2050 g/mol. The third-order valence-corrected chi connectivity index (χ3v) is 29.8. The molecule has 43 nitrogen and oxygen atoms in total. The van der Waals surface area contributed by atoms with Crippen LogP contribution in [-0.2, 0) is 82.5 Å². The number of nitrogens with two attached hydrogens (primary N) is 2. The minimum atomic E-state index is -5.61. The summed E-state index contributed by atoms with van der Waals surface area (Å²) in [5.41, 5.74) is 8.52. The molecule has 3 saturated heterocycles. The van der Waals surface area contributed by atoms with E-state index in [1.807, 2.05) is 36.4 Å². The molecule has 22 atom stereocenters. The van der Waals surface area contributed by atoms with E-state index in [2.05, 4.69) is 37.2 Å². The number of carboxylic acid groups (broad SMARTS) is 1. The van der Waals surface area contributed by atoms with Crippen LogP contribution in [-0.4, -0.2) is 251 Å². The molecule has 0 spiro atoms. The van der Waals surface area contributed by atoms with E-state index in [0.29, 0.717) is 5.02 Å². The van der Waals surface area contributed by atoms with Crippen LogP contribution in [0.15, 0.2) is 121 Å². The molecular formula is C90H104Cl4N10O33P2. The molecule has 3 fully saturated rings. The highest BCUT2D eigenvalue weighted by Gasteiger charge is 2.54. The molecule has 49 heteroatoms. The van der Waals surface area contributed by atoms with Crippen LogP contribution in [0.5, 0.6) is 46.0 Å². The van der Waals surface area contributed by atoms with Crippen LogP contribution >= 0.6 is 61.6 Å². The number of benzene rings is 7. The molecule has 139 heavy (non-hydrogen) atoms. The van der Waals surface area contributed by atoms with Crippen LogP contribution in [0.2, 0.25) is 20.1 Å². The Morgan fingerprint density at radius 2 is 1.23 bits per heavy atom. The number of nitrogens with zero attached hydrogens (tertiary/aromatic N) is 1. The van der Waals surface area contributed by atoms with Crippen molar-refractivity contribution < 1.29 is 161 Å². The highest BCUT2D eigenvalue weighted by Crippen LogP contribution is 2.62. The van der Waals surface area contributed by atoms with Crippen molar-refractivity contribution in [3.8, 4) is 68.2 Å². The van der Waals surface area contributed by atoms with E-state index < -0.39 is 340 Å². The number of likely N-dealkylation sites (N-methyl/N-ethyl adjacent to an activating group) is 1.